The molecule has 0 atom stereocenters. The number of nitrogens with zero attached hydrogens (tertiary/aromatic N) is 1. The molecule has 0 aliphatic carbocycles. The lowest BCUT2D eigenvalue weighted by Crippen LogP contribution is -2.32. The van der Waals surface area contributed by atoms with Gasteiger partial charge in [-0.1, -0.05) is 24.3 Å². The van der Waals surface area contributed by atoms with Crippen LogP contribution >= 0.6 is 11.8 Å². The normalized spacial score (nSPS) is 15.0. The Kier molecular flexibility index (Phi) is 6.37. The van der Waals surface area contributed by atoms with Crippen LogP contribution in [0.4, 0.5) is 4.79 Å². The standard InChI is InChI=1S/C25H23NO5S/c1-16-5-4-6-19(13-16)31-12-11-26-24(27)23(32-25(26)28)15-21-20-14-18(29-2)9-7-17(20)8-10-22(21)30-3/h4-10,13-15H,11-12H2,1-3H3/b23-15-. The number of ether oxygens (including phenoxy) is 3. The molecule has 0 unspecified atom stereocenters. The van der Waals surface area contributed by atoms with Gasteiger partial charge in [0.25, 0.3) is 11.1 Å². The van der Waals surface area contributed by atoms with Crippen LogP contribution in [0.3, 0.4) is 0 Å². The number of amides is 2. The number of aryl methyl sites for hydroxylation is 1. The van der Waals surface area contributed by atoms with E-state index in [1.165, 1.54) is 4.90 Å². The third-order valence-electron chi connectivity index (χ3n) is 5.17. The number of hydrogen-bond donors (Lipinski definition) is 0. The van der Waals surface area contributed by atoms with E-state index >= 15 is 0 Å². The second kappa shape index (κ2) is 9.36. The SMILES string of the molecule is COc1ccc2ccc(OC)c(/C=C3\SC(=O)N(CCOc4cccc(C)c4)C3=O)c2c1. The fourth-order valence-corrected chi connectivity index (χ4v) is 4.39. The van der Waals surface area contributed by atoms with E-state index in [-0.39, 0.29) is 24.3 Å². The molecule has 32 heavy (non-hydrogen) atoms. The van der Waals surface area contributed by atoms with E-state index in [1.54, 1.807) is 20.3 Å². The number of thioether (sulfide) groups is 1. The summed E-state index contributed by atoms with van der Waals surface area (Å²) in [6, 6.07) is 17.1. The van der Waals surface area contributed by atoms with E-state index in [0.29, 0.717) is 22.2 Å². The fraction of sp³-hybridized carbons (Fsp3) is 0.200. The zero-order valence-corrected chi connectivity index (χ0v) is 18.9. The largest absolute Gasteiger partial charge is 0.497 e. The first-order valence-electron chi connectivity index (χ1n) is 10.1. The Morgan fingerprint density at radius 1 is 0.969 bits per heavy atom. The molecule has 1 fully saturated rings. The maximum atomic E-state index is 13.0. The Morgan fingerprint density at radius 3 is 2.53 bits per heavy atom. The molecule has 0 bridgehead atoms. The number of carbonyl (C=O) groups is 2. The monoisotopic (exact) mass is 449 g/mol. The third kappa shape index (κ3) is 4.43. The van der Waals surface area contributed by atoms with Crippen LogP contribution < -0.4 is 14.2 Å². The Bertz CT molecular complexity index is 1210. The van der Waals surface area contributed by atoms with Gasteiger partial charge in [-0.25, -0.2) is 0 Å². The second-order valence-corrected chi connectivity index (χ2v) is 8.26. The van der Waals surface area contributed by atoms with Crippen LogP contribution in [0.2, 0.25) is 0 Å². The van der Waals surface area contributed by atoms with Gasteiger partial charge in [-0.2, -0.15) is 0 Å². The van der Waals surface area contributed by atoms with Crippen LogP contribution in [-0.2, 0) is 4.79 Å². The van der Waals surface area contributed by atoms with E-state index in [4.69, 9.17) is 14.2 Å². The average molecular weight is 450 g/mol. The molecule has 1 aliphatic rings. The average Bonchev–Trinajstić information content (AvgIpc) is 3.06. The van der Waals surface area contributed by atoms with Crippen LogP contribution in [0.1, 0.15) is 11.1 Å². The van der Waals surface area contributed by atoms with Gasteiger partial charge in [0.1, 0.15) is 23.9 Å². The van der Waals surface area contributed by atoms with Crippen molar-refractivity contribution in [2.24, 2.45) is 0 Å². The van der Waals surface area contributed by atoms with E-state index in [1.807, 2.05) is 61.5 Å². The third-order valence-corrected chi connectivity index (χ3v) is 6.08. The number of carbonyl (C=O) groups excluding carboxylic acids is 2. The number of rotatable bonds is 7. The molecule has 0 aromatic heterocycles. The summed E-state index contributed by atoms with van der Waals surface area (Å²) in [5.74, 6) is 1.68. The molecule has 4 rings (SSSR count). The quantitative estimate of drug-likeness (QED) is 0.457. The van der Waals surface area contributed by atoms with Crippen molar-refractivity contribution in [1.82, 2.24) is 4.90 Å². The van der Waals surface area contributed by atoms with Crippen LogP contribution in [0.15, 0.2) is 59.5 Å². The zero-order chi connectivity index (χ0) is 22.7. The molecule has 2 amide bonds. The molecule has 1 aliphatic heterocycles. The van der Waals surface area contributed by atoms with Crippen molar-refractivity contribution < 1.29 is 23.8 Å². The Labute approximate surface area is 190 Å². The van der Waals surface area contributed by atoms with Gasteiger partial charge in [0.2, 0.25) is 0 Å². The summed E-state index contributed by atoms with van der Waals surface area (Å²) in [6.45, 7) is 2.38. The van der Waals surface area contributed by atoms with Crippen LogP contribution in [0.5, 0.6) is 17.2 Å². The van der Waals surface area contributed by atoms with Crippen molar-refractivity contribution in [2.75, 3.05) is 27.4 Å². The second-order valence-electron chi connectivity index (χ2n) is 7.27. The maximum absolute atomic E-state index is 13.0. The highest BCUT2D eigenvalue weighted by Gasteiger charge is 2.35. The summed E-state index contributed by atoms with van der Waals surface area (Å²) in [5.41, 5.74) is 1.81. The molecule has 6 nitrogen and oxygen atoms in total. The molecule has 1 heterocycles. The summed E-state index contributed by atoms with van der Waals surface area (Å²) in [7, 11) is 3.18. The highest BCUT2D eigenvalue weighted by Crippen LogP contribution is 2.37. The molecule has 3 aromatic rings. The smallest absolute Gasteiger partial charge is 0.293 e. The van der Waals surface area contributed by atoms with Gasteiger partial charge in [0.15, 0.2) is 0 Å². The van der Waals surface area contributed by atoms with Gasteiger partial charge in [0.05, 0.1) is 25.7 Å². The molecule has 0 spiro atoms. The van der Waals surface area contributed by atoms with Crippen LogP contribution in [0.25, 0.3) is 16.8 Å². The number of methoxy groups -OCH3 is 2. The van der Waals surface area contributed by atoms with Gasteiger partial charge >= 0.3 is 0 Å². The first-order valence-corrected chi connectivity index (χ1v) is 10.9. The van der Waals surface area contributed by atoms with Crippen molar-refractivity contribution in [1.29, 1.82) is 0 Å². The molecule has 3 aromatic carbocycles. The molecule has 1 saturated heterocycles. The summed E-state index contributed by atoms with van der Waals surface area (Å²) in [5, 5.41) is 1.53. The van der Waals surface area contributed by atoms with Gasteiger partial charge in [-0.3, -0.25) is 14.5 Å². The molecular weight excluding hydrogens is 426 g/mol. The predicted octanol–water partition coefficient (Wildman–Crippen LogP) is 5.28. The molecular formula is C25H23NO5S. The van der Waals surface area contributed by atoms with Crippen molar-refractivity contribution in [3.05, 3.63) is 70.6 Å². The van der Waals surface area contributed by atoms with Crippen molar-refractivity contribution >= 4 is 39.8 Å². The van der Waals surface area contributed by atoms with Crippen molar-refractivity contribution in [3.63, 3.8) is 0 Å². The molecule has 7 heteroatoms. The molecule has 0 radical (unpaired) electrons. The van der Waals surface area contributed by atoms with E-state index in [2.05, 4.69) is 0 Å². The minimum absolute atomic E-state index is 0.177. The lowest BCUT2D eigenvalue weighted by Gasteiger charge is -2.13. The number of hydrogen-bond acceptors (Lipinski definition) is 6. The van der Waals surface area contributed by atoms with Gasteiger partial charge in [-0.05, 0) is 71.4 Å². The summed E-state index contributed by atoms with van der Waals surface area (Å²) in [4.78, 5) is 27.1. The number of imide groups is 1. The number of benzene rings is 3. The Morgan fingerprint density at radius 2 is 1.78 bits per heavy atom. The summed E-state index contributed by atoms with van der Waals surface area (Å²) >= 11 is 0.919. The van der Waals surface area contributed by atoms with E-state index in [9.17, 15) is 9.59 Å². The minimum Gasteiger partial charge on any atom is -0.497 e. The van der Waals surface area contributed by atoms with E-state index in [0.717, 1.165) is 33.7 Å². The minimum atomic E-state index is -0.338. The summed E-state index contributed by atoms with van der Waals surface area (Å²) < 4.78 is 16.6. The predicted molar refractivity (Wildman–Crippen MR) is 126 cm³/mol. The number of fused-ring (bicyclic) bond motifs is 1. The lowest BCUT2D eigenvalue weighted by atomic mass is 10.0. The van der Waals surface area contributed by atoms with Crippen molar-refractivity contribution in [3.8, 4) is 17.2 Å². The molecule has 164 valence electrons. The Hall–Kier alpha value is -3.45. The highest BCUT2D eigenvalue weighted by molar-refractivity contribution is 8.18. The topological polar surface area (TPSA) is 65.1 Å². The van der Waals surface area contributed by atoms with Crippen molar-refractivity contribution in [2.45, 2.75) is 6.92 Å². The highest BCUT2D eigenvalue weighted by atomic mass is 32.2. The van der Waals surface area contributed by atoms with Crippen LogP contribution in [0, 0.1) is 6.92 Å². The molecule has 0 N–H and O–H groups in total. The van der Waals surface area contributed by atoms with Gasteiger partial charge in [-0.15, -0.1) is 0 Å². The lowest BCUT2D eigenvalue weighted by molar-refractivity contribution is -0.123. The zero-order valence-electron chi connectivity index (χ0n) is 18.1. The molecule has 0 saturated carbocycles. The Balaban J connectivity index is 1.58. The summed E-state index contributed by atoms with van der Waals surface area (Å²) in [6.07, 6.45) is 1.72. The van der Waals surface area contributed by atoms with Crippen LogP contribution in [-0.4, -0.2) is 43.4 Å². The van der Waals surface area contributed by atoms with Gasteiger partial charge in [0, 0.05) is 5.56 Å². The van der Waals surface area contributed by atoms with E-state index < -0.39 is 0 Å². The maximum Gasteiger partial charge on any atom is 0.293 e. The van der Waals surface area contributed by atoms with Gasteiger partial charge < -0.3 is 14.2 Å². The first-order chi connectivity index (χ1) is 15.5. The fourth-order valence-electron chi connectivity index (χ4n) is 3.54. The first kappa shape index (κ1) is 21.8.